The second-order valence-electron chi connectivity index (χ2n) is 4.06. The van der Waals surface area contributed by atoms with Crippen LogP contribution in [0.25, 0.3) is 0 Å². The molecular weight excluding hydrogens is 162 g/mol. The lowest BCUT2D eigenvalue weighted by atomic mass is 9.74. The van der Waals surface area contributed by atoms with E-state index in [9.17, 15) is 5.11 Å². The molecular formula is C11H15NO. The van der Waals surface area contributed by atoms with Crippen molar-refractivity contribution in [1.82, 2.24) is 0 Å². The molecule has 1 aromatic carbocycles. The Hall–Kier alpha value is -1.02. The van der Waals surface area contributed by atoms with Crippen LogP contribution in [0.5, 0.6) is 5.75 Å². The fourth-order valence-electron chi connectivity index (χ4n) is 1.88. The van der Waals surface area contributed by atoms with Gasteiger partial charge in [0.1, 0.15) is 5.75 Å². The summed E-state index contributed by atoms with van der Waals surface area (Å²) in [6.07, 6.45) is 4.36. The maximum absolute atomic E-state index is 9.26. The van der Waals surface area contributed by atoms with Crippen LogP contribution in [0.4, 0.5) is 0 Å². The molecule has 0 atom stereocenters. The van der Waals surface area contributed by atoms with Gasteiger partial charge in [0.05, 0.1) is 0 Å². The van der Waals surface area contributed by atoms with E-state index in [0.717, 1.165) is 24.8 Å². The van der Waals surface area contributed by atoms with Crippen LogP contribution in [0.15, 0.2) is 24.3 Å². The number of benzene rings is 1. The van der Waals surface area contributed by atoms with E-state index in [1.54, 1.807) is 12.1 Å². The Morgan fingerprint density at radius 2 is 2.15 bits per heavy atom. The minimum atomic E-state index is 0.00773. The van der Waals surface area contributed by atoms with Gasteiger partial charge in [0.2, 0.25) is 0 Å². The lowest BCUT2D eigenvalue weighted by molar-refractivity contribution is 0.247. The summed E-state index contributed by atoms with van der Waals surface area (Å²) in [5.41, 5.74) is 7.25. The van der Waals surface area contributed by atoms with Crippen LogP contribution >= 0.6 is 0 Å². The SMILES string of the molecule is NC1(Cc2cccc(O)c2)CCC1. The highest BCUT2D eigenvalue weighted by Gasteiger charge is 2.32. The first-order valence-electron chi connectivity index (χ1n) is 4.75. The molecule has 0 amide bonds. The van der Waals surface area contributed by atoms with Crippen molar-refractivity contribution in [3.63, 3.8) is 0 Å². The molecule has 70 valence electrons. The molecule has 0 spiro atoms. The Bertz CT molecular complexity index is 305. The third-order valence-corrected chi connectivity index (χ3v) is 2.82. The van der Waals surface area contributed by atoms with Gasteiger partial charge in [0.25, 0.3) is 0 Å². The van der Waals surface area contributed by atoms with Crippen molar-refractivity contribution in [3.05, 3.63) is 29.8 Å². The standard InChI is InChI=1S/C11H15NO/c12-11(5-2-6-11)8-9-3-1-4-10(13)7-9/h1,3-4,7,13H,2,5-6,8,12H2. The average Bonchev–Trinajstić information content (AvgIpc) is 2.01. The van der Waals surface area contributed by atoms with Crippen molar-refractivity contribution >= 4 is 0 Å². The fraction of sp³-hybridized carbons (Fsp3) is 0.455. The summed E-state index contributed by atoms with van der Waals surface area (Å²) in [6.45, 7) is 0. The quantitative estimate of drug-likeness (QED) is 0.723. The predicted molar refractivity (Wildman–Crippen MR) is 52.6 cm³/mol. The molecule has 1 saturated carbocycles. The van der Waals surface area contributed by atoms with Gasteiger partial charge in [-0.2, -0.15) is 0 Å². The third-order valence-electron chi connectivity index (χ3n) is 2.82. The Morgan fingerprint density at radius 3 is 2.69 bits per heavy atom. The van der Waals surface area contributed by atoms with Crippen molar-refractivity contribution in [2.75, 3.05) is 0 Å². The number of nitrogens with two attached hydrogens (primary N) is 1. The van der Waals surface area contributed by atoms with Crippen molar-refractivity contribution in [3.8, 4) is 5.75 Å². The van der Waals surface area contributed by atoms with Gasteiger partial charge in [-0.1, -0.05) is 12.1 Å². The van der Waals surface area contributed by atoms with Gasteiger partial charge < -0.3 is 10.8 Å². The summed E-state index contributed by atoms with van der Waals surface area (Å²) in [4.78, 5) is 0. The minimum absolute atomic E-state index is 0.00773. The zero-order valence-electron chi connectivity index (χ0n) is 7.66. The highest BCUT2D eigenvalue weighted by molar-refractivity contribution is 5.28. The molecule has 1 aliphatic rings. The van der Waals surface area contributed by atoms with E-state index in [4.69, 9.17) is 5.73 Å². The van der Waals surface area contributed by atoms with Crippen LogP contribution < -0.4 is 5.73 Å². The average molecular weight is 177 g/mol. The van der Waals surface area contributed by atoms with Gasteiger partial charge in [-0.3, -0.25) is 0 Å². The van der Waals surface area contributed by atoms with Crippen LogP contribution in [-0.2, 0) is 6.42 Å². The summed E-state index contributed by atoms with van der Waals surface area (Å²) in [7, 11) is 0. The smallest absolute Gasteiger partial charge is 0.115 e. The zero-order valence-corrected chi connectivity index (χ0v) is 7.66. The summed E-state index contributed by atoms with van der Waals surface area (Å²) in [6, 6.07) is 7.37. The van der Waals surface area contributed by atoms with Gasteiger partial charge in [-0.15, -0.1) is 0 Å². The number of phenolic OH excluding ortho intramolecular Hbond substituents is 1. The zero-order chi connectivity index (χ0) is 9.31. The van der Waals surface area contributed by atoms with E-state index in [1.165, 1.54) is 6.42 Å². The summed E-state index contributed by atoms with van der Waals surface area (Å²) in [5, 5.41) is 9.26. The summed E-state index contributed by atoms with van der Waals surface area (Å²) in [5.74, 6) is 0.334. The molecule has 13 heavy (non-hydrogen) atoms. The van der Waals surface area contributed by atoms with E-state index in [0.29, 0.717) is 5.75 Å². The fourth-order valence-corrected chi connectivity index (χ4v) is 1.88. The monoisotopic (exact) mass is 177 g/mol. The molecule has 2 nitrogen and oxygen atoms in total. The topological polar surface area (TPSA) is 46.2 Å². The number of hydrogen-bond acceptors (Lipinski definition) is 2. The van der Waals surface area contributed by atoms with E-state index in [-0.39, 0.29) is 5.54 Å². The molecule has 2 heteroatoms. The van der Waals surface area contributed by atoms with E-state index in [2.05, 4.69) is 0 Å². The molecule has 1 fully saturated rings. The van der Waals surface area contributed by atoms with E-state index < -0.39 is 0 Å². The van der Waals surface area contributed by atoms with Crippen molar-refractivity contribution < 1.29 is 5.11 Å². The number of aromatic hydroxyl groups is 1. The Kier molecular flexibility index (Phi) is 2.00. The number of rotatable bonds is 2. The van der Waals surface area contributed by atoms with Crippen LogP contribution in [0.2, 0.25) is 0 Å². The van der Waals surface area contributed by atoms with Crippen molar-refractivity contribution in [1.29, 1.82) is 0 Å². The first-order valence-corrected chi connectivity index (χ1v) is 4.75. The van der Waals surface area contributed by atoms with E-state index in [1.807, 2.05) is 12.1 Å². The number of hydrogen-bond donors (Lipinski definition) is 2. The second-order valence-corrected chi connectivity index (χ2v) is 4.06. The maximum Gasteiger partial charge on any atom is 0.115 e. The van der Waals surface area contributed by atoms with Crippen molar-refractivity contribution in [2.24, 2.45) is 5.73 Å². The summed E-state index contributed by atoms with van der Waals surface area (Å²) < 4.78 is 0. The molecule has 0 aliphatic heterocycles. The number of phenols is 1. The molecule has 0 unspecified atom stereocenters. The van der Waals surface area contributed by atoms with Crippen LogP contribution in [-0.4, -0.2) is 10.6 Å². The highest BCUT2D eigenvalue weighted by atomic mass is 16.3. The molecule has 0 bridgehead atoms. The molecule has 3 N–H and O–H groups in total. The minimum Gasteiger partial charge on any atom is -0.508 e. The van der Waals surface area contributed by atoms with Gasteiger partial charge in [-0.05, 0) is 43.4 Å². The molecule has 1 aromatic rings. The third kappa shape index (κ3) is 1.83. The summed E-state index contributed by atoms with van der Waals surface area (Å²) >= 11 is 0. The van der Waals surface area contributed by atoms with Crippen LogP contribution in [0.3, 0.4) is 0 Å². The van der Waals surface area contributed by atoms with Gasteiger partial charge in [-0.25, -0.2) is 0 Å². The van der Waals surface area contributed by atoms with Gasteiger partial charge in [0, 0.05) is 5.54 Å². The molecule has 0 heterocycles. The van der Waals surface area contributed by atoms with Crippen LogP contribution in [0.1, 0.15) is 24.8 Å². The normalized spacial score (nSPS) is 19.5. The largest absolute Gasteiger partial charge is 0.508 e. The first kappa shape index (κ1) is 8.57. The molecule has 0 radical (unpaired) electrons. The van der Waals surface area contributed by atoms with Gasteiger partial charge in [0.15, 0.2) is 0 Å². The Morgan fingerprint density at radius 1 is 1.38 bits per heavy atom. The lowest BCUT2D eigenvalue weighted by Crippen LogP contribution is -2.48. The molecule has 2 rings (SSSR count). The first-order chi connectivity index (χ1) is 6.18. The van der Waals surface area contributed by atoms with Crippen molar-refractivity contribution in [2.45, 2.75) is 31.2 Å². The highest BCUT2D eigenvalue weighted by Crippen LogP contribution is 2.32. The molecule has 0 aromatic heterocycles. The van der Waals surface area contributed by atoms with Crippen LogP contribution in [0, 0.1) is 0 Å². The Balaban J connectivity index is 2.09. The molecule has 0 saturated heterocycles. The second kappa shape index (κ2) is 3.04. The Labute approximate surface area is 78.4 Å². The molecule has 1 aliphatic carbocycles. The van der Waals surface area contributed by atoms with Gasteiger partial charge >= 0.3 is 0 Å². The lowest BCUT2D eigenvalue weighted by Gasteiger charge is -2.38. The van der Waals surface area contributed by atoms with E-state index >= 15 is 0 Å². The predicted octanol–water partition coefficient (Wildman–Crippen LogP) is 1.82. The maximum atomic E-state index is 9.26.